The van der Waals surface area contributed by atoms with Gasteiger partial charge in [0.05, 0.1) is 12.0 Å². The lowest BCUT2D eigenvalue weighted by Gasteiger charge is -2.10. The van der Waals surface area contributed by atoms with E-state index in [2.05, 4.69) is 22.2 Å². The van der Waals surface area contributed by atoms with Crippen LogP contribution in [0.25, 0.3) is 0 Å². The second-order valence-electron chi connectivity index (χ2n) is 5.59. The molecule has 0 spiro atoms. The Balaban J connectivity index is 1.90. The minimum atomic E-state index is -0.568. The highest BCUT2D eigenvalue weighted by Gasteiger charge is 2.25. The molecule has 1 aromatic heterocycles. The molecule has 0 fully saturated rings. The van der Waals surface area contributed by atoms with Crippen molar-refractivity contribution in [2.24, 2.45) is 0 Å². The van der Waals surface area contributed by atoms with Crippen LogP contribution in [0.5, 0.6) is 17.4 Å². The summed E-state index contributed by atoms with van der Waals surface area (Å²) in [6.07, 6.45) is 2.13. The molecule has 0 atom stereocenters. The van der Waals surface area contributed by atoms with Crippen LogP contribution in [0, 0.1) is 10.1 Å². The number of aromatic nitrogens is 2. The molecule has 0 radical (unpaired) electrons. The maximum Gasteiger partial charge on any atom is 0.373 e. The molecule has 0 saturated carbocycles. The van der Waals surface area contributed by atoms with E-state index in [9.17, 15) is 10.1 Å². The molecular weight excluding hydrogens is 348 g/mol. The summed E-state index contributed by atoms with van der Waals surface area (Å²) in [4.78, 5) is 19.0. The molecule has 8 heteroatoms. The first-order valence-corrected chi connectivity index (χ1v) is 8.28. The van der Waals surface area contributed by atoms with Crippen molar-refractivity contribution >= 4 is 17.2 Å². The third-order valence-electron chi connectivity index (χ3n) is 3.87. The van der Waals surface area contributed by atoms with Gasteiger partial charge in [-0.25, -0.2) is 4.98 Å². The number of nitro groups is 1. The zero-order valence-corrected chi connectivity index (χ0v) is 14.9. The SMILES string of the molecule is CCc1ccc(Nc2ncnc(Oc3ccc(OC)cc3)c2[N+](=O)[O-])cc1. The van der Waals surface area contributed by atoms with Crippen molar-refractivity contribution in [2.75, 3.05) is 12.4 Å². The van der Waals surface area contributed by atoms with Crippen molar-refractivity contribution in [3.63, 3.8) is 0 Å². The van der Waals surface area contributed by atoms with Crippen molar-refractivity contribution in [1.82, 2.24) is 9.97 Å². The first-order chi connectivity index (χ1) is 13.1. The van der Waals surface area contributed by atoms with Crippen LogP contribution in [0.15, 0.2) is 54.9 Å². The number of rotatable bonds is 7. The predicted octanol–water partition coefficient (Wildman–Crippen LogP) is 4.49. The van der Waals surface area contributed by atoms with Crippen molar-refractivity contribution in [1.29, 1.82) is 0 Å². The highest BCUT2D eigenvalue weighted by atomic mass is 16.6. The summed E-state index contributed by atoms with van der Waals surface area (Å²) >= 11 is 0. The minimum absolute atomic E-state index is 0.0581. The molecule has 0 bridgehead atoms. The predicted molar refractivity (Wildman–Crippen MR) is 101 cm³/mol. The van der Waals surface area contributed by atoms with Crippen LogP contribution in [0.3, 0.4) is 0 Å². The Morgan fingerprint density at radius 1 is 1.04 bits per heavy atom. The standard InChI is InChI=1S/C19H18N4O4/c1-3-13-4-6-14(7-5-13)22-18-17(23(24)25)19(21-12-20-18)27-16-10-8-15(26-2)9-11-16/h4-12H,3H2,1-2H3,(H,20,21,22). The fourth-order valence-electron chi connectivity index (χ4n) is 2.41. The van der Waals surface area contributed by atoms with Gasteiger partial charge in [-0.15, -0.1) is 0 Å². The van der Waals surface area contributed by atoms with E-state index in [1.807, 2.05) is 24.3 Å². The molecule has 0 saturated heterocycles. The number of hydrogen-bond acceptors (Lipinski definition) is 7. The van der Waals surface area contributed by atoms with Crippen LogP contribution in [0.2, 0.25) is 0 Å². The highest BCUT2D eigenvalue weighted by Crippen LogP contribution is 2.35. The summed E-state index contributed by atoms with van der Waals surface area (Å²) in [5.74, 6) is 0.962. The highest BCUT2D eigenvalue weighted by molar-refractivity contribution is 5.68. The van der Waals surface area contributed by atoms with E-state index in [-0.39, 0.29) is 17.4 Å². The largest absolute Gasteiger partial charge is 0.497 e. The summed E-state index contributed by atoms with van der Waals surface area (Å²) in [7, 11) is 1.55. The lowest BCUT2D eigenvalue weighted by atomic mass is 10.1. The van der Waals surface area contributed by atoms with E-state index in [0.717, 1.165) is 6.42 Å². The smallest absolute Gasteiger partial charge is 0.373 e. The molecule has 3 aromatic rings. The normalized spacial score (nSPS) is 10.3. The topological polar surface area (TPSA) is 99.4 Å². The molecule has 0 unspecified atom stereocenters. The van der Waals surface area contributed by atoms with E-state index in [0.29, 0.717) is 17.2 Å². The number of hydrogen-bond donors (Lipinski definition) is 1. The number of benzene rings is 2. The van der Waals surface area contributed by atoms with Gasteiger partial charge in [0.2, 0.25) is 5.82 Å². The molecule has 0 aliphatic rings. The Hall–Kier alpha value is -3.68. The molecule has 8 nitrogen and oxygen atoms in total. The van der Waals surface area contributed by atoms with Gasteiger partial charge in [-0.05, 0) is 48.4 Å². The van der Waals surface area contributed by atoms with Crippen molar-refractivity contribution in [3.05, 3.63) is 70.5 Å². The number of nitrogens with one attached hydrogen (secondary N) is 1. The Morgan fingerprint density at radius 2 is 1.70 bits per heavy atom. The van der Waals surface area contributed by atoms with E-state index in [1.165, 1.54) is 11.9 Å². The summed E-state index contributed by atoms with van der Waals surface area (Å²) in [6, 6.07) is 14.2. The molecule has 0 aliphatic heterocycles. The molecule has 0 amide bonds. The molecule has 138 valence electrons. The van der Waals surface area contributed by atoms with Gasteiger partial charge in [-0.1, -0.05) is 19.1 Å². The Morgan fingerprint density at radius 3 is 2.30 bits per heavy atom. The van der Waals surface area contributed by atoms with E-state index < -0.39 is 4.92 Å². The molecule has 0 aliphatic carbocycles. The summed E-state index contributed by atoms with van der Waals surface area (Å²) < 4.78 is 10.7. The van der Waals surface area contributed by atoms with Crippen LogP contribution in [0.4, 0.5) is 17.2 Å². The van der Waals surface area contributed by atoms with Crippen LogP contribution in [-0.2, 0) is 6.42 Å². The number of aryl methyl sites for hydroxylation is 1. The maximum absolute atomic E-state index is 11.6. The minimum Gasteiger partial charge on any atom is -0.497 e. The quantitative estimate of drug-likeness (QED) is 0.486. The Kier molecular flexibility index (Phi) is 5.46. The third-order valence-corrected chi connectivity index (χ3v) is 3.87. The zero-order chi connectivity index (χ0) is 19.2. The van der Waals surface area contributed by atoms with Crippen LogP contribution >= 0.6 is 0 Å². The van der Waals surface area contributed by atoms with Crippen LogP contribution in [0.1, 0.15) is 12.5 Å². The maximum atomic E-state index is 11.6. The van der Waals surface area contributed by atoms with E-state index in [4.69, 9.17) is 9.47 Å². The molecular formula is C19H18N4O4. The van der Waals surface area contributed by atoms with Crippen molar-refractivity contribution in [2.45, 2.75) is 13.3 Å². The first-order valence-electron chi connectivity index (χ1n) is 8.28. The zero-order valence-electron chi connectivity index (χ0n) is 14.9. The number of methoxy groups -OCH3 is 1. The average Bonchev–Trinajstić information content (AvgIpc) is 2.69. The van der Waals surface area contributed by atoms with Gasteiger partial charge in [0.25, 0.3) is 0 Å². The van der Waals surface area contributed by atoms with Gasteiger partial charge in [0.15, 0.2) is 0 Å². The van der Waals surface area contributed by atoms with Gasteiger partial charge >= 0.3 is 11.6 Å². The second kappa shape index (κ2) is 8.13. The van der Waals surface area contributed by atoms with Crippen LogP contribution < -0.4 is 14.8 Å². The van der Waals surface area contributed by atoms with Gasteiger partial charge in [0, 0.05) is 5.69 Å². The second-order valence-corrected chi connectivity index (χ2v) is 5.59. The fraction of sp³-hybridized carbons (Fsp3) is 0.158. The Bertz CT molecular complexity index is 860. The molecule has 27 heavy (non-hydrogen) atoms. The summed E-state index contributed by atoms with van der Waals surface area (Å²) in [5, 5.41) is 14.6. The molecule has 1 heterocycles. The number of anilines is 2. The lowest BCUT2D eigenvalue weighted by molar-refractivity contribution is -0.385. The molecule has 2 aromatic carbocycles. The summed E-state index contributed by atoms with van der Waals surface area (Å²) in [6.45, 7) is 2.06. The lowest BCUT2D eigenvalue weighted by Crippen LogP contribution is -2.03. The van der Waals surface area contributed by atoms with E-state index >= 15 is 0 Å². The third kappa shape index (κ3) is 4.30. The van der Waals surface area contributed by atoms with Gasteiger partial charge in [0.1, 0.15) is 17.8 Å². The molecule has 3 rings (SSSR count). The van der Waals surface area contributed by atoms with E-state index in [1.54, 1.807) is 31.4 Å². The summed E-state index contributed by atoms with van der Waals surface area (Å²) in [5.41, 5.74) is 1.51. The van der Waals surface area contributed by atoms with Crippen LogP contribution in [-0.4, -0.2) is 22.0 Å². The number of nitrogens with zero attached hydrogens (tertiary/aromatic N) is 3. The van der Waals surface area contributed by atoms with Crippen molar-refractivity contribution < 1.29 is 14.4 Å². The Labute approximate surface area is 156 Å². The molecule has 1 N–H and O–H groups in total. The van der Waals surface area contributed by atoms with Crippen molar-refractivity contribution in [3.8, 4) is 17.4 Å². The van der Waals surface area contributed by atoms with Gasteiger partial charge < -0.3 is 14.8 Å². The van der Waals surface area contributed by atoms with Gasteiger partial charge in [-0.2, -0.15) is 4.98 Å². The van der Waals surface area contributed by atoms with Gasteiger partial charge in [-0.3, -0.25) is 10.1 Å². The first kappa shape index (κ1) is 18.1. The fourth-order valence-corrected chi connectivity index (χ4v) is 2.41. The number of ether oxygens (including phenoxy) is 2. The average molecular weight is 366 g/mol. The monoisotopic (exact) mass is 366 g/mol.